The highest BCUT2D eigenvalue weighted by atomic mass is 32.2. The van der Waals surface area contributed by atoms with Crippen LogP contribution in [0.4, 0.5) is 0 Å². The fourth-order valence-electron chi connectivity index (χ4n) is 5.72. The second kappa shape index (κ2) is 12.2. The van der Waals surface area contributed by atoms with Gasteiger partial charge in [-0.2, -0.15) is 4.31 Å². The Hall–Kier alpha value is -3.04. The van der Waals surface area contributed by atoms with Crippen molar-refractivity contribution in [2.24, 2.45) is 5.92 Å². The summed E-state index contributed by atoms with van der Waals surface area (Å²) in [6.45, 7) is 6.39. The summed E-state index contributed by atoms with van der Waals surface area (Å²) in [6, 6.07) is 20.8. The number of fused-ring (bicyclic) bond motifs is 1. The van der Waals surface area contributed by atoms with Crippen LogP contribution < -0.4 is 5.32 Å². The third-order valence-electron chi connectivity index (χ3n) is 7.74. The lowest BCUT2D eigenvalue weighted by Gasteiger charge is -2.31. The Morgan fingerprint density at radius 3 is 2.25 bits per heavy atom. The summed E-state index contributed by atoms with van der Waals surface area (Å²) in [6.07, 6.45) is 2.20. The van der Waals surface area contributed by atoms with Crippen molar-refractivity contribution in [2.45, 2.75) is 63.0 Å². The first-order chi connectivity index (χ1) is 18.8. The molecule has 3 aromatic carbocycles. The largest absolute Gasteiger partial charge is 0.481 e. The maximum Gasteiger partial charge on any atom is 0.307 e. The molecule has 0 fully saturated rings. The molecule has 214 valence electrons. The van der Waals surface area contributed by atoms with Crippen molar-refractivity contribution in [1.82, 2.24) is 9.62 Å². The molecular weight excluding hydrogens is 524 g/mol. The zero-order valence-corrected chi connectivity index (χ0v) is 24.5. The minimum atomic E-state index is -3.80. The summed E-state index contributed by atoms with van der Waals surface area (Å²) in [7, 11) is -2.31. The number of benzene rings is 3. The number of likely N-dealkylation sites (N-methyl/N-ethyl adjacent to an activating group) is 1. The first kappa shape index (κ1) is 29.9. The molecule has 0 heterocycles. The molecule has 7 nitrogen and oxygen atoms in total. The minimum absolute atomic E-state index is 0.0217. The smallest absolute Gasteiger partial charge is 0.307 e. The molecule has 1 aliphatic rings. The predicted molar refractivity (Wildman–Crippen MR) is 158 cm³/mol. The Bertz CT molecular complexity index is 1430. The van der Waals surface area contributed by atoms with Crippen LogP contribution in [0.2, 0.25) is 0 Å². The Balaban J connectivity index is 1.33. The number of nitrogens with one attached hydrogen (secondary N) is 1. The highest BCUT2D eigenvalue weighted by Gasteiger charge is 2.29. The van der Waals surface area contributed by atoms with E-state index in [1.165, 1.54) is 22.5 Å². The van der Waals surface area contributed by atoms with Crippen molar-refractivity contribution in [3.05, 3.63) is 89.0 Å². The molecule has 3 N–H and O–H groups in total. The van der Waals surface area contributed by atoms with E-state index < -0.39 is 22.1 Å². The third kappa shape index (κ3) is 7.37. The standard InChI is InChI=1S/C32H40N2O5S/c1-22-15-29(13-14-30(22)25-11-9-23(10-12-25)18-31(36)37)40(38,39)34(4)21-28(35)20-33-32(2,3)19-24-16-26-7-5-6-8-27(26)17-24/h5-15,24,28,33,35H,16-21H2,1-4H3,(H,36,37)/t28-/m1/s1. The van der Waals surface area contributed by atoms with Crippen LogP contribution in [0.1, 0.15) is 42.5 Å². The average Bonchev–Trinajstić information content (AvgIpc) is 3.29. The van der Waals surface area contributed by atoms with E-state index >= 15 is 0 Å². The Kier molecular flexibility index (Phi) is 9.15. The van der Waals surface area contributed by atoms with Crippen LogP contribution >= 0.6 is 0 Å². The van der Waals surface area contributed by atoms with Gasteiger partial charge in [-0.15, -0.1) is 0 Å². The zero-order chi connectivity index (χ0) is 29.1. The molecule has 3 aromatic rings. The van der Waals surface area contributed by atoms with Crippen molar-refractivity contribution in [3.63, 3.8) is 0 Å². The molecule has 1 aliphatic carbocycles. The zero-order valence-electron chi connectivity index (χ0n) is 23.7. The summed E-state index contributed by atoms with van der Waals surface area (Å²) in [5, 5.41) is 23.1. The van der Waals surface area contributed by atoms with Gasteiger partial charge in [0, 0.05) is 25.7 Å². The molecule has 0 radical (unpaired) electrons. The number of nitrogens with zero attached hydrogens (tertiary/aromatic N) is 1. The van der Waals surface area contributed by atoms with Crippen LogP contribution in [-0.4, -0.2) is 60.7 Å². The van der Waals surface area contributed by atoms with Crippen molar-refractivity contribution in [2.75, 3.05) is 20.1 Å². The van der Waals surface area contributed by atoms with Crippen LogP contribution in [0.25, 0.3) is 11.1 Å². The van der Waals surface area contributed by atoms with Crippen molar-refractivity contribution >= 4 is 16.0 Å². The van der Waals surface area contributed by atoms with E-state index in [-0.39, 0.29) is 23.4 Å². The van der Waals surface area contributed by atoms with Crippen LogP contribution in [-0.2, 0) is 34.1 Å². The summed E-state index contributed by atoms with van der Waals surface area (Å²) in [5.41, 5.74) is 5.91. The van der Waals surface area contributed by atoms with Gasteiger partial charge in [0.2, 0.25) is 10.0 Å². The molecule has 0 aromatic heterocycles. The predicted octanol–water partition coefficient (Wildman–Crippen LogP) is 4.44. The SMILES string of the molecule is Cc1cc(S(=O)(=O)N(C)C[C@H](O)CNC(C)(C)CC2Cc3ccccc3C2)ccc1-c1ccc(CC(=O)O)cc1. The van der Waals surface area contributed by atoms with Gasteiger partial charge in [0.05, 0.1) is 17.4 Å². The lowest BCUT2D eigenvalue weighted by atomic mass is 9.88. The number of aliphatic carboxylic acids is 1. The molecule has 0 saturated carbocycles. The quantitative estimate of drug-likeness (QED) is 0.300. The number of carboxylic acids is 1. The number of aliphatic hydroxyl groups excluding tert-OH is 1. The van der Waals surface area contributed by atoms with Gasteiger partial charge in [-0.3, -0.25) is 4.79 Å². The molecule has 0 aliphatic heterocycles. The van der Waals surface area contributed by atoms with Crippen molar-refractivity contribution in [1.29, 1.82) is 0 Å². The monoisotopic (exact) mass is 564 g/mol. The Labute approximate surface area is 237 Å². The molecular formula is C32H40N2O5S. The Morgan fingerprint density at radius 2 is 1.68 bits per heavy atom. The van der Waals surface area contributed by atoms with E-state index in [1.807, 2.05) is 19.1 Å². The van der Waals surface area contributed by atoms with Gasteiger partial charge < -0.3 is 15.5 Å². The number of β-amino-alcohol motifs (C(OH)–C–C–N with tert-alkyl or cyclic N) is 1. The van der Waals surface area contributed by atoms with Crippen LogP contribution in [0.15, 0.2) is 71.6 Å². The number of sulfonamides is 1. The molecule has 40 heavy (non-hydrogen) atoms. The summed E-state index contributed by atoms with van der Waals surface area (Å²) in [5.74, 6) is -0.336. The first-order valence-electron chi connectivity index (χ1n) is 13.7. The topological polar surface area (TPSA) is 107 Å². The number of hydrogen-bond acceptors (Lipinski definition) is 5. The number of rotatable bonds is 12. The van der Waals surface area contributed by atoms with Gasteiger partial charge in [-0.05, 0) is 91.5 Å². The molecule has 4 rings (SSSR count). The molecule has 1 atom stereocenters. The maximum absolute atomic E-state index is 13.3. The highest BCUT2D eigenvalue weighted by Crippen LogP contribution is 2.32. The number of hydrogen-bond donors (Lipinski definition) is 3. The second-order valence-electron chi connectivity index (χ2n) is 11.7. The molecule has 0 bridgehead atoms. The number of carbonyl (C=O) groups is 1. The molecule has 0 unspecified atom stereocenters. The lowest BCUT2D eigenvalue weighted by Crippen LogP contribution is -2.47. The van der Waals surface area contributed by atoms with E-state index in [9.17, 15) is 18.3 Å². The Morgan fingerprint density at radius 1 is 1.05 bits per heavy atom. The molecule has 0 spiro atoms. The van der Waals surface area contributed by atoms with Crippen LogP contribution in [0.3, 0.4) is 0 Å². The summed E-state index contributed by atoms with van der Waals surface area (Å²) < 4.78 is 27.8. The van der Waals surface area contributed by atoms with Gasteiger partial charge >= 0.3 is 5.97 Å². The van der Waals surface area contributed by atoms with Crippen molar-refractivity contribution in [3.8, 4) is 11.1 Å². The van der Waals surface area contributed by atoms with Gasteiger partial charge in [-0.25, -0.2) is 8.42 Å². The molecule has 0 amide bonds. The van der Waals surface area contributed by atoms with Gasteiger partial charge in [-0.1, -0.05) is 54.6 Å². The van der Waals surface area contributed by atoms with Crippen LogP contribution in [0, 0.1) is 12.8 Å². The van der Waals surface area contributed by atoms with E-state index in [2.05, 4.69) is 43.4 Å². The van der Waals surface area contributed by atoms with Gasteiger partial charge in [0.15, 0.2) is 0 Å². The van der Waals surface area contributed by atoms with Gasteiger partial charge in [0.25, 0.3) is 0 Å². The maximum atomic E-state index is 13.3. The van der Waals surface area contributed by atoms with Gasteiger partial charge in [0.1, 0.15) is 0 Å². The lowest BCUT2D eigenvalue weighted by molar-refractivity contribution is -0.136. The fourth-order valence-corrected chi connectivity index (χ4v) is 7.01. The van der Waals surface area contributed by atoms with Crippen LogP contribution in [0.5, 0.6) is 0 Å². The summed E-state index contributed by atoms with van der Waals surface area (Å²) in [4.78, 5) is 11.1. The second-order valence-corrected chi connectivity index (χ2v) is 13.7. The average molecular weight is 565 g/mol. The summed E-state index contributed by atoms with van der Waals surface area (Å²) >= 11 is 0. The highest BCUT2D eigenvalue weighted by molar-refractivity contribution is 7.89. The normalized spacial score (nSPS) is 14.8. The van der Waals surface area contributed by atoms with E-state index in [1.54, 1.807) is 30.3 Å². The molecule has 8 heteroatoms. The van der Waals surface area contributed by atoms with E-state index in [0.29, 0.717) is 18.0 Å². The van der Waals surface area contributed by atoms with E-state index in [0.717, 1.165) is 36.0 Å². The fraction of sp³-hybridized carbons (Fsp3) is 0.406. The van der Waals surface area contributed by atoms with E-state index in [4.69, 9.17) is 5.11 Å². The number of carboxylic acid groups (broad SMARTS) is 1. The minimum Gasteiger partial charge on any atom is -0.481 e. The van der Waals surface area contributed by atoms with Crippen molar-refractivity contribution < 1.29 is 23.4 Å². The third-order valence-corrected chi connectivity index (χ3v) is 9.56. The first-order valence-corrected chi connectivity index (χ1v) is 15.2. The molecule has 0 saturated heterocycles. The number of aryl methyl sites for hydroxylation is 1. The number of aliphatic hydroxyl groups is 1.